The van der Waals surface area contributed by atoms with Crippen molar-refractivity contribution in [3.05, 3.63) is 36.4 Å². The Morgan fingerprint density at radius 2 is 1.87 bits per heavy atom. The highest BCUT2D eigenvalue weighted by Crippen LogP contribution is 2.33. The number of hydrogen-bond donors (Lipinski definition) is 0. The van der Waals surface area contributed by atoms with Crippen LogP contribution in [0.25, 0.3) is 28.5 Å². The Hall–Kier alpha value is -3.22. The first-order chi connectivity index (χ1) is 14.0. The number of sulfone groups is 1. The molecule has 4 aromatic rings. The van der Waals surface area contributed by atoms with Crippen molar-refractivity contribution in [3.8, 4) is 17.5 Å². The molecule has 9 nitrogen and oxygen atoms in total. The van der Waals surface area contributed by atoms with Crippen molar-refractivity contribution in [2.24, 2.45) is 14.1 Å². The lowest BCUT2D eigenvalue weighted by molar-refractivity contribution is -0.141. The van der Waals surface area contributed by atoms with Gasteiger partial charge in [0.15, 0.2) is 20.7 Å². The monoisotopic (exact) mass is 439 g/mol. The maximum atomic E-state index is 13.0. The standard InChI is InChI=1S/C17H16F3N7O2S/c1-4-30(28,29)15-13(24-16(26(15)3)27-7-5-6-22-27)14-23-10-8-12(17(18,19)20)21-9-11(10)25(14)2/h5-9H,4H2,1-3H3. The second-order valence-corrected chi connectivity index (χ2v) is 8.72. The Bertz CT molecular complexity index is 1350. The fourth-order valence-electron chi connectivity index (χ4n) is 3.16. The quantitative estimate of drug-likeness (QED) is 0.484. The first-order valence-electron chi connectivity index (χ1n) is 8.74. The van der Waals surface area contributed by atoms with Crippen LogP contribution in [-0.4, -0.2) is 48.0 Å². The van der Waals surface area contributed by atoms with Gasteiger partial charge in [0.2, 0.25) is 5.95 Å². The van der Waals surface area contributed by atoms with Crippen LogP contribution < -0.4 is 0 Å². The normalized spacial score (nSPS) is 12.7. The number of pyridine rings is 1. The smallest absolute Gasteiger partial charge is 0.324 e. The third-order valence-corrected chi connectivity index (χ3v) is 6.49. The molecular formula is C17H16F3N7O2S. The van der Waals surface area contributed by atoms with Gasteiger partial charge in [-0.1, -0.05) is 6.92 Å². The van der Waals surface area contributed by atoms with Gasteiger partial charge < -0.3 is 9.13 Å². The van der Waals surface area contributed by atoms with E-state index in [1.54, 1.807) is 19.3 Å². The minimum atomic E-state index is -4.62. The second kappa shape index (κ2) is 6.65. The number of imidazole rings is 2. The van der Waals surface area contributed by atoms with Crippen molar-refractivity contribution in [1.29, 1.82) is 0 Å². The first-order valence-corrected chi connectivity index (χ1v) is 10.4. The predicted octanol–water partition coefficient (Wildman–Crippen LogP) is 2.37. The third kappa shape index (κ3) is 3.05. The van der Waals surface area contributed by atoms with Gasteiger partial charge in [0, 0.05) is 26.5 Å². The van der Waals surface area contributed by atoms with Gasteiger partial charge in [-0.15, -0.1) is 0 Å². The van der Waals surface area contributed by atoms with E-state index in [2.05, 4.69) is 20.1 Å². The molecule has 0 unspecified atom stereocenters. The van der Waals surface area contributed by atoms with Crippen molar-refractivity contribution < 1.29 is 21.6 Å². The number of aromatic nitrogens is 7. The van der Waals surface area contributed by atoms with Crippen LogP contribution in [0.1, 0.15) is 12.6 Å². The number of alkyl halides is 3. The van der Waals surface area contributed by atoms with E-state index in [-0.39, 0.29) is 33.8 Å². The summed E-state index contributed by atoms with van der Waals surface area (Å²) in [5, 5.41) is 3.98. The summed E-state index contributed by atoms with van der Waals surface area (Å²) in [7, 11) is -0.664. The lowest BCUT2D eigenvalue weighted by atomic mass is 10.3. The van der Waals surface area contributed by atoms with Crippen molar-refractivity contribution in [2.75, 3.05) is 5.75 Å². The Morgan fingerprint density at radius 3 is 2.47 bits per heavy atom. The lowest BCUT2D eigenvalue weighted by Crippen LogP contribution is -2.13. The molecule has 0 bridgehead atoms. The SMILES string of the molecule is CCS(=O)(=O)c1c(-c2nc3cc(C(F)(F)F)ncc3n2C)nc(-n2cccn2)n1C. The minimum Gasteiger partial charge on any atom is -0.324 e. The van der Waals surface area contributed by atoms with E-state index >= 15 is 0 Å². The first kappa shape index (κ1) is 20.1. The summed E-state index contributed by atoms with van der Waals surface area (Å²) in [5.74, 6) is 0.136. The van der Waals surface area contributed by atoms with E-state index < -0.39 is 21.7 Å². The van der Waals surface area contributed by atoms with Crippen LogP contribution in [-0.2, 0) is 30.1 Å². The molecule has 158 valence electrons. The van der Waals surface area contributed by atoms with Crippen LogP contribution in [0.2, 0.25) is 0 Å². The van der Waals surface area contributed by atoms with E-state index in [0.29, 0.717) is 5.52 Å². The molecule has 0 saturated heterocycles. The van der Waals surface area contributed by atoms with E-state index in [1.165, 1.54) is 34.0 Å². The van der Waals surface area contributed by atoms with Gasteiger partial charge in [-0.05, 0) is 12.1 Å². The molecule has 0 atom stereocenters. The Kier molecular flexibility index (Phi) is 4.45. The van der Waals surface area contributed by atoms with Gasteiger partial charge in [-0.3, -0.25) is 0 Å². The highest BCUT2D eigenvalue weighted by Gasteiger charge is 2.34. The Balaban J connectivity index is 2.01. The maximum Gasteiger partial charge on any atom is 0.433 e. The number of rotatable bonds is 4. The van der Waals surface area contributed by atoms with E-state index in [0.717, 1.165) is 12.3 Å². The van der Waals surface area contributed by atoms with Crippen LogP contribution in [0.5, 0.6) is 0 Å². The van der Waals surface area contributed by atoms with Crippen LogP contribution in [0.4, 0.5) is 13.2 Å². The molecule has 4 rings (SSSR count). The van der Waals surface area contributed by atoms with Gasteiger partial charge in [-0.2, -0.15) is 18.3 Å². The van der Waals surface area contributed by atoms with Crippen LogP contribution >= 0.6 is 0 Å². The Morgan fingerprint density at radius 1 is 1.13 bits per heavy atom. The summed E-state index contributed by atoms with van der Waals surface area (Å²) < 4.78 is 68.9. The fourth-order valence-corrected chi connectivity index (χ4v) is 4.36. The van der Waals surface area contributed by atoms with Crippen molar-refractivity contribution in [3.63, 3.8) is 0 Å². The van der Waals surface area contributed by atoms with E-state index in [4.69, 9.17) is 0 Å². The molecule has 4 heterocycles. The molecule has 0 N–H and O–H groups in total. The molecule has 13 heteroatoms. The number of fused-ring (bicyclic) bond motifs is 1. The Labute approximate surface area is 168 Å². The van der Waals surface area contributed by atoms with Gasteiger partial charge >= 0.3 is 6.18 Å². The number of aryl methyl sites for hydroxylation is 1. The summed E-state index contributed by atoms with van der Waals surface area (Å²) in [4.78, 5) is 12.1. The average molecular weight is 439 g/mol. The molecule has 0 aliphatic rings. The molecule has 0 radical (unpaired) electrons. The zero-order chi connectivity index (χ0) is 21.8. The maximum absolute atomic E-state index is 13.0. The molecule has 30 heavy (non-hydrogen) atoms. The lowest BCUT2D eigenvalue weighted by Gasteiger charge is -2.07. The molecule has 0 aliphatic heterocycles. The van der Waals surface area contributed by atoms with E-state index in [1.807, 2.05) is 0 Å². The summed E-state index contributed by atoms with van der Waals surface area (Å²) in [6.07, 6.45) is -0.453. The number of nitrogens with zero attached hydrogens (tertiary/aromatic N) is 7. The van der Waals surface area contributed by atoms with Crippen LogP contribution in [0.15, 0.2) is 35.7 Å². The fraction of sp³-hybridized carbons (Fsp3) is 0.294. The molecule has 0 amide bonds. The molecule has 0 spiro atoms. The summed E-state index contributed by atoms with van der Waals surface area (Å²) in [5.41, 5.74) is -0.721. The predicted molar refractivity (Wildman–Crippen MR) is 101 cm³/mol. The van der Waals surface area contributed by atoms with E-state index in [9.17, 15) is 21.6 Å². The van der Waals surface area contributed by atoms with Gasteiger partial charge in [0.1, 0.15) is 11.4 Å². The minimum absolute atomic E-state index is 0.0251. The molecule has 4 aromatic heterocycles. The molecular weight excluding hydrogens is 423 g/mol. The zero-order valence-electron chi connectivity index (χ0n) is 16.1. The molecule has 0 aliphatic carbocycles. The highest BCUT2D eigenvalue weighted by atomic mass is 32.2. The van der Waals surface area contributed by atoms with Gasteiger partial charge in [0.05, 0.1) is 23.0 Å². The van der Waals surface area contributed by atoms with Crippen LogP contribution in [0, 0.1) is 0 Å². The zero-order valence-corrected chi connectivity index (χ0v) is 16.9. The largest absolute Gasteiger partial charge is 0.433 e. The van der Waals surface area contributed by atoms with Crippen molar-refractivity contribution in [1.82, 2.24) is 33.9 Å². The number of hydrogen-bond acceptors (Lipinski definition) is 6. The van der Waals surface area contributed by atoms with Crippen molar-refractivity contribution in [2.45, 2.75) is 18.1 Å². The average Bonchev–Trinajstić information content (AvgIpc) is 3.39. The van der Waals surface area contributed by atoms with Crippen LogP contribution in [0.3, 0.4) is 0 Å². The molecule has 0 aromatic carbocycles. The highest BCUT2D eigenvalue weighted by molar-refractivity contribution is 7.91. The topological polar surface area (TPSA) is 100 Å². The molecule has 0 fully saturated rings. The second-order valence-electron chi connectivity index (χ2n) is 6.53. The van der Waals surface area contributed by atoms with Gasteiger partial charge in [0.25, 0.3) is 0 Å². The summed E-state index contributed by atoms with van der Waals surface area (Å²) >= 11 is 0. The summed E-state index contributed by atoms with van der Waals surface area (Å²) in [6, 6.07) is 2.48. The van der Waals surface area contributed by atoms with Gasteiger partial charge in [-0.25, -0.2) is 28.1 Å². The number of halogens is 3. The third-order valence-electron chi connectivity index (χ3n) is 4.67. The molecule has 0 saturated carbocycles. The summed E-state index contributed by atoms with van der Waals surface area (Å²) in [6.45, 7) is 1.49. The van der Waals surface area contributed by atoms with Crippen molar-refractivity contribution >= 4 is 20.9 Å².